The average molecular weight is 356 g/mol. The van der Waals surface area contributed by atoms with Gasteiger partial charge in [0.05, 0.1) is 4.90 Å². The second-order valence-electron chi connectivity index (χ2n) is 5.54. The molecular weight excluding hydrogens is 332 g/mol. The Morgan fingerprint density at radius 1 is 1.08 bits per heavy atom. The summed E-state index contributed by atoms with van der Waals surface area (Å²) in [6.07, 6.45) is 0. The number of hydrogen-bond acceptors (Lipinski definition) is 4. The van der Waals surface area contributed by atoms with Gasteiger partial charge in [0, 0.05) is 24.7 Å². The lowest BCUT2D eigenvalue weighted by molar-refractivity contribution is -0.137. The fraction of sp³-hybridized carbons (Fsp3) is 0.500. The number of carbonyl (C=O) groups excluding carboxylic acids is 1. The van der Waals surface area contributed by atoms with Crippen LogP contribution in [-0.4, -0.2) is 60.3 Å². The van der Waals surface area contributed by atoms with Crippen molar-refractivity contribution in [2.45, 2.75) is 38.6 Å². The number of aliphatic carboxylic acids is 1. The van der Waals surface area contributed by atoms with Crippen LogP contribution in [0.15, 0.2) is 29.2 Å². The maximum absolute atomic E-state index is 12.6. The Morgan fingerprint density at radius 2 is 1.58 bits per heavy atom. The van der Waals surface area contributed by atoms with Gasteiger partial charge in [-0.3, -0.25) is 9.59 Å². The molecule has 1 N–H and O–H groups in total. The van der Waals surface area contributed by atoms with E-state index in [1.807, 2.05) is 13.8 Å². The first-order valence-electron chi connectivity index (χ1n) is 7.78. The molecule has 0 saturated carbocycles. The number of carbonyl (C=O) groups is 2. The predicted molar refractivity (Wildman–Crippen MR) is 90.4 cm³/mol. The summed E-state index contributed by atoms with van der Waals surface area (Å²) in [6, 6.07) is 5.08. The SMILES string of the molecule is CCN(CC)C(=O)c1ccc(S(=O)(=O)N(CC(=O)O)C(C)C)cc1. The Balaban J connectivity index is 3.14. The third-order valence-electron chi connectivity index (χ3n) is 3.63. The quantitative estimate of drug-likeness (QED) is 0.764. The van der Waals surface area contributed by atoms with Crippen LogP contribution in [0.2, 0.25) is 0 Å². The molecule has 0 saturated heterocycles. The van der Waals surface area contributed by atoms with Crippen LogP contribution in [0.1, 0.15) is 38.1 Å². The van der Waals surface area contributed by atoms with E-state index < -0.39 is 28.6 Å². The zero-order valence-corrected chi connectivity index (χ0v) is 15.2. The number of benzene rings is 1. The van der Waals surface area contributed by atoms with Crippen LogP contribution in [0.5, 0.6) is 0 Å². The second-order valence-corrected chi connectivity index (χ2v) is 7.43. The van der Waals surface area contributed by atoms with Gasteiger partial charge in [-0.1, -0.05) is 0 Å². The summed E-state index contributed by atoms with van der Waals surface area (Å²) in [6.45, 7) is 7.47. The van der Waals surface area contributed by atoms with Gasteiger partial charge in [0.2, 0.25) is 10.0 Å². The van der Waals surface area contributed by atoms with Crippen molar-refractivity contribution in [2.24, 2.45) is 0 Å². The molecule has 1 rings (SSSR count). The standard InChI is InChI=1S/C16H24N2O5S/c1-5-17(6-2)16(21)13-7-9-14(10-8-13)24(22,23)18(12(3)4)11-15(19)20/h7-10,12H,5-6,11H2,1-4H3,(H,19,20). The fourth-order valence-electron chi connectivity index (χ4n) is 2.28. The van der Waals surface area contributed by atoms with Gasteiger partial charge in [-0.05, 0) is 52.0 Å². The van der Waals surface area contributed by atoms with E-state index in [4.69, 9.17) is 5.11 Å². The summed E-state index contributed by atoms with van der Waals surface area (Å²) in [5, 5.41) is 8.92. The summed E-state index contributed by atoms with van der Waals surface area (Å²) >= 11 is 0. The van der Waals surface area contributed by atoms with Crippen LogP contribution < -0.4 is 0 Å². The fourth-order valence-corrected chi connectivity index (χ4v) is 3.86. The van der Waals surface area contributed by atoms with Crippen molar-refractivity contribution in [1.82, 2.24) is 9.21 Å². The van der Waals surface area contributed by atoms with Crippen LogP contribution in [0.25, 0.3) is 0 Å². The molecule has 0 spiro atoms. The number of amides is 1. The molecule has 0 unspecified atom stereocenters. The summed E-state index contributed by atoms with van der Waals surface area (Å²) in [4.78, 5) is 24.8. The minimum atomic E-state index is -3.94. The summed E-state index contributed by atoms with van der Waals surface area (Å²) in [7, 11) is -3.94. The topological polar surface area (TPSA) is 95.0 Å². The van der Waals surface area contributed by atoms with E-state index in [9.17, 15) is 18.0 Å². The Hall–Kier alpha value is -1.93. The lowest BCUT2D eigenvalue weighted by atomic mass is 10.2. The molecule has 24 heavy (non-hydrogen) atoms. The van der Waals surface area contributed by atoms with Crippen LogP contribution in [0, 0.1) is 0 Å². The van der Waals surface area contributed by atoms with Crippen molar-refractivity contribution in [3.63, 3.8) is 0 Å². The highest BCUT2D eigenvalue weighted by Crippen LogP contribution is 2.19. The molecule has 0 aliphatic rings. The second kappa shape index (κ2) is 8.25. The van der Waals surface area contributed by atoms with Crippen molar-refractivity contribution < 1.29 is 23.1 Å². The monoisotopic (exact) mass is 356 g/mol. The zero-order valence-electron chi connectivity index (χ0n) is 14.4. The molecule has 1 amide bonds. The number of sulfonamides is 1. The van der Waals surface area contributed by atoms with Gasteiger partial charge in [0.15, 0.2) is 0 Å². The number of carboxylic acid groups (broad SMARTS) is 1. The van der Waals surface area contributed by atoms with Crippen molar-refractivity contribution in [3.8, 4) is 0 Å². The van der Waals surface area contributed by atoms with Crippen LogP contribution in [-0.2, 0) is 14.8 Å². The Morgan fingerprint density at radius 3 is 1.96 bits per heavy atom. The average Bonchev–Trinajstić information content (AvgIpc) is 2.53. The van der Waals surface area contributed by atoms with E-state index in [2.05, 4.69) is 0 Å². The molecule has 0 heterocycles. The number of nitrogens with zero attached hydrogens (tertiary/aromatic N) is 2. The van der Waals surface area contributed by atoms with Gasteiger partial charge in [-0.2, -0.15) is 4.31 Å². The smallest absolute Gasteiger partial charge is 0.318 e. The molecule has 0 bridgehead atoms. The summed E-state index contributed by atoms with van der Waals surface area (Å²) in [5.41, 5.74) is 0.395. The number of rotatable bonds is 8. The molecule has 0 aliphatic carbocycles. The molecule has 8 heteroatoms. The highest BCUT2D eigenvalue weighted by atomic mass is 32.2. The molecule has 0 aromatic heterocycles. The summed E-state index contributed by atoms with van der Waals surface area (Å²) in [5.74, 6) is -1.39. The number of hydrogen-bond donors (Lipinski definition) is 1. The third kappa shape index (κ3) is 4.55. The van der Waals surface area contributed by atoms with Gasteiger partial charge in [0.25, 0.3) is 5.91 Å². The van der Waals surface area contributed by atoms with E-state index in [-0.39, 0.29) is 10.8 Å². The largest absolute Gasteiger partial charge is 0.480 e. The molecule has 1 aromatic carbocycles. The van der Waals surface area contributed by atoms with E-state index in [1.165, 1.54) is 24.3 Å². The molecule has 0 atom stereocenters. The maximum Gasteiger partial charge on any atom is 0.318 e. The first kappa shape index (κ1) is 20.1. The van der Waals surface area contributed by atoms with Gasteiger partial charge in [-0.15, -0.1) is 0 Å². The van der Waals surface area contributed by atoms with Crippen molar-refractivity contribution in [1.29, 1.82) is 0 Å². The van der Waals surface area contributed by atoms with E-state index >= 15 is 0 Å². The van der Waals surface area contributed by atoms with Gasteiger partial charge >= 0.3 is 5.97 Å². The van der Waals surface area contributed by atoms with Crippen molar-refractivity contribution in [3.05, 3.63) is 29.8 Å². The molecule has 0 fully saturated rings. The van der Waals surface area contributed by atoms with Crippen molar-refractivity contribution in [2.75, 3.05) is 19.6 Å². The molecule has 7 nitrogen and oxygen atoms in total. The maximum atomic E-state index is 12.6. The lowest BCUT2D eigenvalue weighted by Gasteiger charge is -2.24. The highest BCUT2D eigenvalue weighted by molar-refractivity contribution is 7.89. The minimum absolute atomic E-state index is 0.0338. The van der Waals surface area contributed by atoms with E-state index in [0.717, 1.165) is 4.31 Å². The molecule has 134 valence electrons. The van der Waals surface area contributed by atoms with Crippen LogP contribution in [0.3, 0.4) is 0 Å². The minimum Gasteiger partial charge on any atom is -0.480 e. The van der Waals surface area contributed by atoms with Crippen LogP contribution >= 0.6 is 0 Å². The first-order chi connectivity index (χ1) is 11.1. The van der Waals surface area contributed by atoms with E-state index in [0.29, 0.717) is 18.7 Å². The molecule has 0 radical (unpaired) electrons. The Kier molecular flexibility index (Phi) is 6.92. The Bertz CT molecular complexity index is 679. The van der Waals surface area contributed by atoms with Gasteiger partial charge in [0.1, 0.15) is 6.54 Å². The molecule has 0 aliphatic heterocycles. The Labute approximate surface area is 142 Å². The van der Waals surface area contributed by atoms with Gasteiger partial charge < -0.3 is 10.0 Å². The normalized spacial score (nSPS) is 11.8. The highest BCUT2D eigenvalue weighted by Gasteiger charge is 2.29. The zero-order chi connectivity index (χ0) is 18.5. The lowest BCUT2D eigenvalue weighted by Crippen LogP contribution is -2.40. The van der Waals surface area contributed by atoms with Crippen molar-refractivity contribution >= 4 is 21.9 Å². The third-order valence-corrected chi connectivity index (χ3v) is 5.66. The predicted octanol–water partition coefficient (Wildman–Crippen LogP) is 1.65. The molecular formula is C16H24N2O5S. The first-order valence-corrected chi connectivity index (χ1v) is 9.22. The van der Waals surface area contributed by atoms with Crippen LogP contribution in [0.4, 0.5) is 0 Å². The molecule has 1 aromatic rings. The summed E-state index contributed by atoms with van der Waals surface area (Å²) < 4.78 is 26.1. The number of carboxylic acids is 1. The van der Waals surface area contributed by atoms with E-state index in [1.54, 1.807) is 18.7 Å². The van der Waals surface area contributed by atoms with Gasteiger partial charge in [-0.25, -0.2) is 8.42 Å².